The highest BCUT2D eigenvalue weighted by molar-refractivity contribution is 14.1. The van der Waals surface area contributed by atoms with E-state index in [-0.39, 0.29) is 11.9 Å². The summed E-state index contributed by atoms with van der Waals surface area (Å²) in [6.07, 6.45) is 0. The van der Waals surface area contributed by atoms with Crippen LogP contribution in [0.15, 0.2) is 12.1 Å². The Morgan fingerprint density at radius 1 is 1.44 bits per heavy atom. The summed E-state index contributed by atoms with van der Waals surface area (Å²) in [7, 11) is 1.52. The van der Waals surface area contributed by atoms with Crippen LogP contribution in [0.5, 0.6) is 5.75 Å². The third kappa shape index (κ3) is 2.88. The molecule has 0 radical (unpaired) electrons. The second-order valence-corrected chi connectivity index (χ2v) is 5.57. The first kappa shape index (κ1) is 13.5. The second kappa shape index (κ2) is 5.77. The number of nitrogens with one attached hydrogen (secondary N) is 2. The zero-order chi connectivity index (χ0) is 13.1. The summed E-state index contributed by atoms with van der Waals surface area (Å²) in [4.78, 5) is 12.1. The monoisotopic (exact) mass is 471 g/mol. The molecule has 1 amide bonds. The zero-order valence-corrected chi connectivity index (χ0v) is 13.4. The van der Waals surface area contributed by atoms with E-state index in [2.05, 4.69) is 71.1 Å². The molecule has 9 heteroatoms. The fourth-order valence-corrected chi connectivity index (χ4v) is 3.39. The second-order valence-electron chi connectivity index (χ2n) is 3.16. The lowest BCUT2D eigenvalue weighted by atomic mass is 10.2. The molecule has 2 N–H and O–H groups in total. The van der Waals surface area contributed by atoms with Crippen molar-refractivity contribution in [1.82, 2.24) is 20.6 Å². The van der Waals surface area contributed by atoms with E-state index < -0.39 is 0 Å². The van der Waals surface area contributed by atoms with Gasteiger partial charge in [-0.05, 0) is 62.5 Å². The van der Waals surface area contributed by atoms with Gasteiger partial charge in [0.1, 0.15) is 5.75 Å². The van der Waals surface area contributed by atoms with E-state index >= 15 is 0 Å². The quantitative estimate of drug-likeness (QED) is 0.666. The van der Waals surface area contributed by atoms with E-state index in [1.54, 1.807) is 6.07 Å². The highest BCUT2D eigenvalue weighted by atomic mass is 127. The first-order valence-corrected chi connectivity index (χ1v) is 6.85. The summed E-state index contributed by atoms with van der Waals surface area (Å²) in [6, 6.07) is 3.65. The van der Waals surface area contributed by atoms with E-state index in [0.717, 1.165) is 7.14 Å². The molecule has 1 heterocycles. The first-order chi connectivity index (χ1) is 8.61. The van der Waals surface area contributed by atoms with E-state index in [1.807, 2.05) is 6.07 Å². The Bertz CT molecular complexity index is 573. The molecule has 0 atom stereocenters. The lowest BCUT2D eigenvalue weighted by Crippen LogP contribution is -2.15. The molecule has 0 saturated carbocycles. The van der Waals surface area contributed by atoms with Gasteiger partial charge in [0.2, 0.25) is 0 Å². The summed E-state index contributed by atoms with van der Waals surface area (Å²) < 4.78 is 7.04. The molecule has 1 aromatic heterocycles. The Morgan fingerprint density at radius 3 is 2.83 bits per heavy atom. The fourth-order valence-electron chi connectivity index (χ4n) is 1.32. The maximum Gasteiger partial charge on any atom is 0.270 e. The van der Waals surface area contributed by atoms with Gasteiger partial charge < -0.3 is 4.74 Å². The number of halogens is 2. The van der Waals surface area contributed by atoms with Crippen molar-refractivity contribution >= 4 is 57.0 Å². The van der Waals surface area contributed by atoms with Crippen LogP contribution in [0.1, 0.15) is 10.4 Å². The smallest absolute Gasteiger partial charge is 0.270 e. The predicted octanol–water partition coefficient (Wildman–Crippen LogP) is 1.67. The standard InChI is InChI=1S/C9H7I2N5O2/c1-18-7-5(2-4(10)3-6(7)11)8(17)12-9-13-15-16-14-9/h2-3H,1H3,(H2,12,13,14,15,16,17). The molecule has 0 spiro atoms. The molecule has 18 heavy (non-hydrogen) atoms. The lowest BCUT2D eigenvalue weighted by Gasteiger charge is -2.10. The van der Waals surface area contributed by atoms with Crippen molar-refractivity contribution < 1.29 is 9.53 Å². The number of ether oxygens (including phenoxy) is 1. The van der Waals surface area contributed by atoms with Gasteiger partial charge in [-0.3, -0.25) is 10.1 Å². The van der Waals surface area contributed by atoms with Crippen LogP contribution in [0, 0.1) is 7.14 Å². The Kier molecular flexibility index (Phi) is 4.31. The van der Waals surface area contributed by atoms with Gasteiger partial charge in [-0.2, -0.15) is 5.21 Å². The Morgan fingerprint density at radius 2 is 2.22 bits per heavy atom. The molecule has 0 aliphatic rings. The number of H-pyrrole nitrogens is 1. The number of rotatable bonds is 3. The van der Waals surface area contributed by atoms with Gasteiger partial charge in [-0.15, -0.1) is 5.10 Å². The van der Waals surface area contributed by atoms with E-state index in [0.29, 0.717) is 11.3 Å². The van der Waals surface area contributed by atoms with E-state index in [1.165, 1.54) is 7.11 Å². The summed E-state index contributed by atoms with van der Waals surface area (Å²) in [5, 5.41) is 15.5. The summed E-state index contributed by atoms with van der Waals surface area (Å²) in [6.45, 7) is 0. The van der Waals surface area contributed by atoms with Crippen LogP contribution in [0.2, 0.25) is 0 Å². The first-order valence-electron chi connectivity index (χ1n) is 4.69. The fraction of sp³-hybridized carbons (Fsp3) is 0.111. The summed E-state index contributed by atoms with van der Waals surface area (Å²) in [5.41, 5.74) is 0.429. The number of hydrogen-bond acceptors (Lipinski definition) is 5. The van der Waals surface area contributed by atoms with Crippen LogP contribution in [-0.2, 0) is 0 Å². The molecule has 1 aromatic carbocycles. The van der Waals surface area contributed by atoms with Gasteiger partial charge in [0.05, 0.1) is 16.2 Å². The average molecular weight is 471 g/mol. The predicted molar refractivity (Wildman–Crippen MR) is 80.6 cm³/mol. The van der Waals surface area contributed by atoms with Crippen LogP contribution in [0.4, 0.5) is 5.95 Å². The summed E-state index contributed by atoms with van der Waals surface area (Å²) in [5.74, 6) is 0.303. The molecule has 94 valence electrons. The van der Waals surface area contributed by atoms with Crippen LogP contribution < -0.4 is 10.1 Å². The van der Waals surface area contributed by atoms with Gasteiger partial charge in [-0.1, -0.05) is 5.10 Å². The SMILES string of the molecule is COc1c(I)cc(I)cc1C(=O)Nc1nn[nH]n1. The number of carbonyl (C=O) groups is 1. The lowest BCUT2D eigenvalue weighted by molar-refractivity contribution is 0.102. The Labute approximate surface area is 129 Å². The number of aromatic amines is 1. The van der Waals surface area contributed by atoms with Crippen molar-refractivity contribution in [3.63, 3.8) is 0 Å². The highest BCUT2D eigenvalue weighted by Crippen LogP contribution is 2.28. The van der Waals surface area contributed by atoms with Crippen molar-refractivity contribution in [1.29, 1.82) is 0 Å². The number of amides is 1. The van der Waals surface area contributed by atoms with Gasteiger partial charge in [0.15, 0.2) is 0 Å². The van der Waals surface area contributed by atoms with E-state index in [4.69, 9.17) is 4.74 Å². The number of nitrogens with zero attached hydrogens (tertiary/aromatic N) is 3. The zero-order valence-electron chi connectivity index (χ0n) is 9.07. The van der Waals surface area contributed by atoms with Crippen molar-refractivity contribution in [3.05, 3.63) is 24.8 Å². The van der Waals surface area contributed by atoms with E-state index in [9.17, 15) is 4.79 Å². The van der Waals surface area contributed by atoms with Crippen molar-refractivity contribution in [2.45, 2.75) is 0 Å². The van der Waals surface area contributed by atoms with Crippen molar-refractivity contribution in [3.8, 4) is 5.75 Å². The number of hydrogen-bond donors (Lipinski definition) is 2. The molecular weight excluding hydrogens is 464 g/mol. The van der Waals surface area contributed by atoms with Crippen LogP contribution >= 0.6 is 45.2 Å². The average Bonchev–Trinajstić information content (AvgIpc) is 2.80. The topological polar surface area (TPSA) is 92.8 Å². The highest BCUT2D eigenvalue weighted by Gasteiger charge is 2.17. The third-order valence-corrected chi connectivity index (χ3v) is 3.45. The Balaban J connectivity index is 2.35. The van der Waals surface area contributed by atoms with Gasteiger partial charge in [0.25, 0.3) is 11.9 Å². The van der Waals surface area contributed by atoms with Crippen molar-refractivity contribution in [2.24, 2.45) is 0 Å². The number of tetrazole rings is 1. The molecule has 2 rings (SSSR count). The molecule has 0 aliphatic carbocycles. The number of anilines is 1. The minimum Gasteiger partial charge on any atom is -0.495 e. The Hall–Kier alpha value is -0.980. The molecule has 0 unspecified atom stereocenters. The van der Waals surface area contributed by atoms with Gasteiger partial charge in [0, 0.05) is 3.57 Å². The van der Waals surface area contributed by atoms with Gasteiger partial charge in [-0.25, -0.2) is 0 Å². The maximum atomic E-state index is 12.1. The number of methoxy groups -OCH3 is 1. The van der Waals surface area contributed by atoms with Crippen LogP contribution in [0.3, 0.4) is 0 Å². The number of carbonyl (C=O) groups excluding carboxylic acids is 1. The molecule has 7 nitrogen and oxygen atoms in total. The maximum absolute atomic E-state index is 12.1. The molecular formula is C9H7I2N5O2. The number of aromatic nitrogens is 4. The van der Waals surface area contributed by atoms with Crippen LogP contribution in [0.25, 0.3) is 0 Å². The molecule has 0 saturated heterocycles. The molecule has 0 bridgehead atoms. The molecule has 2 aromatic rings. The molecule has 0 aliphatic heterocycles. The number of benzene rings is 1. The largest absolute Gasteiger partial charge is 0.495 e. The third-order valence-electron chi connectivity index (χ3n) is 2.03. The molecule has 0 fully saturated rings. The van der Waals surface area contributed by atoms with Crippen molar-refractivity contribution in [2.75, 3.05) is 12.4 Å². The normalized spacial score (nSPS) is 10.2. The minimum atomic E-state index is -0.343. The summed E-state index contributed by atoms with van der Waals surface area (Å²) >= 11 is 4.25. The minimum absolute atomic E-state index is 0.121. The van der Waals surface area contributed by atoms with Gasteiger partial charge >= 0.3 is 0 Å². The van der Waals surface area contributed by atoms with Crippen LogP contribution in [-0.4, -0.2) is 33.6 Å².